The van der Waals surface area contributed by atoms with Gasteiger partial charge in [-0.15, -0.1) is 0 Å². The Kier molecular flexibility index (Phi) is 2.15. The molecule has 14 heavy (non-hydrogen) atoms. The molecule has 1 aromatic carbocycles. The van der Waals surface area contributed by atoms with Gasteiger partial charge in [-0.05, 0) is 25.5 Å². The number of amides is 1. The van der Waals surface area contributed by atoms with Crippen molar-refractivity contribution >= 4 is 11.6 Å². The summed E-state index contributed by atoms with van der Waals surface area (Å²) >= 11 is 0. The first-order valence-electron chi connectivity index (χ1n) is 4.73. The van der Waals surface area contributed by atoms with Gasteiger partial charge >= 0.3 is 0 Å². The van der Waals surface area contributed by atoms with Gasteiger partial charge in [0, 0.05) is 0 Å². The Morgan fingerprint density at radius 2 is 2.29 bits per heavy atom. The number of para-hydroxylation sites is 1. The van der Waals surface area contributed by atoms with Crippen LogP contribution < -0.4 is 10.1 Å². The van der Waals surface area contributed by atoms with E-state index in [-0.39, 0.29) is 12.0 Å². The molecule has 0 saturated carbocycles. The van der Waals surface area contributed by atoms with E-state index in [2.05, 4.69) is 5.32 Å². The van der Waals surface area contributed by atoms with Crippen LogP contribution in [0, 0.1) is 6.92 Å². The van der Waals surface area contributed by atoms with Crippen LogP contribution in [0.2, 0.25) is 0 Å². The topological polar surface area (TPSA) is 38.3 Å². The quantitative estimate of drug-likeness (QED) is 0.682. The second-order valence-electron chi connectivity index (χ2n) is 3.63. The monoisotopic (exact) mass is 191 g/mol. The molecule has 0 radical (unpaired) electrons. The van der Waals surface area contributed by atoms with Gasteiger partial charge in [-0.2, -0.15) is 0 Å². The van der Waals surface area contributed by atoms with Crippen molar-refractivity contribution in [3.8, 4) is 5.75 Å². The fourth-order valence-corrected chi connectivity index (χ4v) is 1.61. The molecule has 1 aliphatic rings. The molecule has 0 spiro atoms. The van der Waals surface area contributed by atoms with Gasteiger partial charge in [-0.3, -0.25) is 4.79 Å². The van der Waals surface area contributed by atoms with E-state index in [9.17, 15) is 4.79 Å². The second kappa shape index (κ2) is 3.33. The number of aryl methyl sites for hydroxylation is 1. The van der Waals surface area contributed by atoms with Crippen LogP contribution in [-0.4, -0.2) is 12.0 Å². The lowest BCUT2D eigenvalue weighted by molar-refractivity contribution is -0.117. The number of carbonyl (C=O) groups excluding carboxylic acids is 1. The Morgan fingerprint density at radius 3 is 3.07 bits per heavy atom. The molecule has 1 amide bonds. The summed E-state index contributed by atoms with van der Waals surface area (Å²) in [5.74, 6) is 0.813. The zero-order chi connectivity index (χ0) is 10.1. The van der Waals surface area contributed by atoms with Gasteiger partial charge in [0.25, 0.3) is 0 Å². The SMILES string of the molecule is Cc1cccc2c1OC(C)CC(=O)N2. The first kappa shape index (κ1) is 9.06. The molecule has 3 nitrogen and oxygen atoms in total. The van der Waals surface area contributed by atoms with Crippen molar-refractivity contribution in [3.63, 3.8) is 0 Å². The Morgan fingerprint density at radius 1 is 1.50 bits per heavy atom. The number of rotatable bonds is 0. The van der Waals surface area contributed by atoms with E-state index in [1.54, 1.807) is 0 Å². The van der Waals surface area contributed by atoms with E-state index < -0.39 is 0 Å². The van der Waals surface area contributed by atoms with Gasteiger partial charge in [0.1, 0.15) is 11.9 Å². The van der Waals surface area contributed by atoms with Crippen molar-refractivity contribution in [2.45, 2.75) is 26.4 Å². The smallest absolute Gasteiger partial charge is 0.228 e. The molecule has 1 aliphatic heterocycles. The van der Waals surface area contributed by atoms with Crippen molar-refractivity contribution in [2.75, 3.05) is 5.32 Å². The predicted octanol–water partition coefficient (Wildman–Crippen LogP) is 2.10. The van der Waals surface area contributed by atoms with Crippen LogP contribution in [0.1, 0.15) is 18.9 Å². The number of hydrogen-bond donors (Lipinski definition) is 1. The van der Waals surface area contributed by atoms with Gasteiger partial charge < -0.3 is 10.1 Å². The highest BCUT2D eigenvalue weighted by atomic mass is 16.5. The van der Waals surface area contributed by atoms with Crippen molar-refractivity contribution in [1.29, 1.82) is 0 Å². The zero-order valence-corrected chi connectivity index (χ0v) is 8.33. The number of hydrogen-bond acceptors (Lipinski definition) is 2. The van der Waals surface area contributed by atoms with Crippen LogP contribution in [0.15, 0.2) is 18.2 Å². The fraction of sp³-hybridized carbons (Fsp3) is 0.364. The summed E-state index contributed by atoms with van der Waals surface area (Å²) in [5, 5.41) is 2.83. The van der Waals surface area contributed by atoms with Gasteiger partial charge in [0.15, 0.2) is 0 Å². The van der Waals surface area contributed by atoms with Crippen molar-refractivity contribution in [1.82, 2.24) is 0 Å². The lowest BCUT2D eigenvalue weighted by Crippen LogP contribution is -2.17. The van der Waals surface area contributed by atoms with Crippen LogP contribution in [0.3, 0.4) is 0 Å². The van der Waals surface area contributed by atoms with E-state index in [4.69, 9.17) is 4.74 Å². The molecule has 3 heteroatoms. The average Bonchev–Trinajstić information content (AvgIpc) is 2.23. The summed E-state index contributed by atoms with van der Waals surface area (Å²) in [4.78, 5) is 11.4. The molecule has 1 unspecified atom stereocenters. The van der Waals surface area contributed by atoms with Crippen LogP contribution in [0.25, 0.3) is 0 Å². The number of benzene rings is 1. The normalized spacial score (nSPS) is 20.4. The summed E-state index contributed by atoms with van der Waals surface area (Å²) in [6.45, 7) is 3.88. The fourth-order valence-electron chi connectivity index (χ4n) is 1.61. The van der Waals surface area contributed by atoms with E-state index in [0.29, 0.717) is 6.42 Å². The van der Waals surface area contributed by atoms with E-state index >= 15 is 0 Å². The van der Waals surface area contributed by atoms with E-state index in [1.165, 1.54) is 0 Å². The summed E-state index contributed by atoms with van der Waals surface area (Å²) in [5.41, 5.74) is 1.83. The van der Waals surface area contributed by atoms with E-state index in [0.717, 1.165) is 17.0 Å². The third-order valence-electron chi connectivity index (χ3n) is 2.28. The molecule has 0 aliphatic carbocycles. The van der Waals surface area contributed by atoms with Crippen molar-refractivity contribution in [2.24, 2.45) is 0 Å². The maximum Gasteiger partial charge on any atom is 0.228 e. The molecule has 1 N–H and O–H groups in total. The minimum atomic E-state index is -0.0580. The van der Waals surface area contributed by atoms with Crippen LogP contribution in [0.4, 0.5) is 5.69 Å². The number of ether oxygens (including phenoxy) is 1. The highest BCUT2D eigenvalue weighted by Gasteiger charge is 2.19. The molecule has 2 rings (SSSR count). The molecule has 1 atom stereocenters. The molecule has 0 aromatic heterocycles. The van der Waals surface area contributed by atoms with Gasteiger partial charge in [-0.25, -0.2) is 0 Å². The molecule has 74 valence electrons. The number of nitrogens with one attached hydrogen (secondary N) is 1. The number of fused-ring (bicyclic) bond motifs is 1. The number of carbonyl (C=O) groups is 1. The molecule has 0 bridgehead atoms. The molecule has 1 heterocycles. The minimum Gasteiger partial charge on any atom is -0.488 e. The minimum absolute atomic E-state index is 0.0156. The molecule has 0 saturated heterocycles. The average molecular weight is 191 g/mol. The van der Waals surface area contributed by atoms with Crippen LogP contribution in [0.5, 0.6) is 5.75 Å². The van der Waals surface area contributed by atoms with Gasteiger partial charge in [0.2, 0.25) is 5.91 Å². The molecular weight excluding hydrogens is 178 g/mol. The Bertz CT molecular complexity index is 374. The highest BCUT2D eigenvalue weighted by molar-refractivity contribution is 5.93. The van der Waals surface area contributed by atoms with Crippen molar-refractivity contribution in [3.05, 3.63) is 23.8 Å². The zero-order valence-electron chi connectivity index (χ0n) is 8.33. The lowest BCUT2D eigenvalue weighted by atomic mass is 10.2. The summed E-state index contributed by atoms with van der Waals surface area (Å²) in [6, 6.07) is 5.75. The van der Waals surface area contributed by atoms with Crippen LogP contribution >= 0.6 is 0 Å². The van der Waals surface area contributed by atoms with Crippen LogP contribution in [-0.2, 0) is 4.79 Å². The summed E-state index contributed by atoms with van der Waals surface area (Å²) in [6.07, 6.45) is 0.353. The second-order valence-corrected chi connectivity index (χ2v) is 3.63. The third kappa shape index (κ3) is 1.58. The maximum absolute atomic E-state index is 11.4. The maximum atomic E-state index is 11.4. The summed E-state index contributed by atoms with van der Waals surface area (Å²) in [7, 11) is 0. The lowest BCUT2D eigenvalue weighted by Gasteiger charge is -2.13. The van der Waals surface area contributed by atoms with Gasteiger partial charge in [0.05, 0.1) is 12.1 Å². The Hall–Kier alpha value is -1.51. The third-order valence-corrected chi connectivity index (χ3v) is 2.28. The Balaban J connectivity index is 2.46. The largest absolute Gasteiger partial charge is 0.488 e. The number of anilines is 1. The molecular formula is C11H13NO2. The Labute approximate surface area is 83.1 Å². The first-order valence-corrected chi connectivity index (χ1v) is 4.73. The first-order chi connectivity index (χ1) is 6.66. The summed E-state index contributed by atoms with van der Waals surface area (Å²) < 4.78 is 5.67. The molecule has 0 fully saturated rings. The standard InChI is InChI=1S/C11H13NO2/c1-7-4-3-5-9-11(7)14-8(2)6-10(13)12-9/h3-5,8H,6H2,1-2H3,(H,12,13). The molecule has 1 aromatic rings. The predicted molar refractivity (Wildman–Crippen MR) is 54.5 cm³/mol. The van der Waals surface area contributed by atoms with E-state index in [1.807, 2.05) is 32.0 Å². The highest BCUT2D eigenvalue weighted by Crippen LogP contribution is 2.31. The van der Waals surface area contributed by atoms with Crippen molar-refractivity contribution < 1.29 is 9.53 Å². The van der Waals surface area contributed by atoms with Gasteiger partial charge in [-0.1, -0.05) is 12.1 Å².